The van der Waals surface area contributed by atoms with E-state index in [-0.39, 0.29) is 12.4 Å². The molecular weight excluding hydrogens is 338 g/mol. The Bertz CT molecular complexity index is 742. The number of H-pyrrole nitrogens is 1. The maximum Gasteiger partial charge on any atom is 0.231 e. The Balaban J connectivity index is 0.00000182. The second kappa shape index (κ2) is 8.41. The number of ether oxygens (including phenoxy) is 2. The van der Waals surface area contributed by atoms with Gasteiger partial charge in [0.05, 0.1) is 11.9 Å². The van der Waals surface area contributed by atoms with Gasteiger partial charge in [0.25, 0.3) is 0 Å². The first-order valence-electron chi connectivity index (χ1n) is 8.71. The fourth-order valence-electron chi connectivity index (χ4n) is 3.35. The highest BCUT2D eigenvalue weighted by atomic mass is 35.5. The van der Waals surface area contributed by atoms with Crippen LogP contribution in [0.3, 0.4) is 0 Å². The molecule has 5 nitrogen and oxygen atoms in total. The Morgan fingerprint density at radius 1 is 1.16 bits per heavy atom. The number of allylic oxidation sites excluding steroid dienone is 1. The Kier molecular flexibility index (Phi) is 6.00. The summed E-state index contributed by atoms with van der Waals surface area (Å²) in [6, 6.07) is 5.99. The number of aromatic amines is 1. The third kappa shape index (κ3) is 4.17. The smallest absolute Gasteiger partial charge is 0.231 e. The second-order valence-electron chi connectivity index (χ2n) is 6.37. The van der Waals surface area contributed by atoms with E-state index in [0.29, 0.717) is 6.79 Å². The predicted molar refractivity (Wildman–Crippen MR) is 100 cm³/mol. The lowest BCUT2D eigenvalue weighted by Crippen LogP contribution is -2.15. The topological polar surface area (TPSA) is 59.2 Å². The van der Waals surface area contributed by atoms with Crippen LogP contribution in [0.1, 0.15) is 37.7 Å². The zero-order valence-electron chi connectivity index (χ0n) is 14.2. The molecule has 0 saturated carbocycles. The van der Waals surface area contributed by atoms with Crippen LogP contribution >= 0.6 is 12.4 Å². The minimum absolute atomic E-state index is 0. The molecule has 2 aromatic rings. The van der Waals surface area contributed by atoms with Crippen LogP contribution in [-0.4, -0.2) is 23.5 Å². The van der Waals surface area contributed by atoms with Gasteiger partial charge in [0.1, 0.15) is 0 Å². The molecule has 0 radical (unpaired) electrons. The number of hydrogen-bond donors (Lipinski definition) is 2. The zero-order chi connectivity index (χ0) is 16.2. The van der Waals surface area contributed by atoms with Crippen LogP contribution in [0, 0.1) is 0 Å². The summed E-state index contributed by atoms with van der Waals surface area (Å²) in [5, 5.41) is 10.9. The first kappa shape index (κ1) is 17.8. The summed E-state index contributed by atoms with van der Waals surface area (Å²) >= 11 is 0. The van der Waals surface area contributed by atoms with Crippen LogP contribution in [0.15, 0.2) is 36.0 Å². The lowest BCUT2D eigenvalue weighted by atomic mass is 9.97. The predicted octanol–water partition coefficient (Wildman–Crippen LogP) is 4.21. The van der Waals surface area contributed by atoms with E-state index in [1.807, 2.05) is 24.4 Å². The number of rotatable bonds is 6. The number of halogens is 1. The van der Waals surface area contributed by atoms with Gasteiger partial charge >= 0.3 is 0 Å². The largest absolute Gasteiger partial charge is 0.454 e. The molecule has 0 spiro atoms. The summed E-state index contributed by atoms with van der Waals surface area (Å²) in [4.78, 5) is 0. The van der Waals surface area contributed by atoms with Crippen molar-refractivity contribution in [3.63, 3.8) is 0 Å². The SMILES string of the molecule is C1=C(CCNCc2cn[nH]c2-c2ccc3c(c2)OCO3)CCCC1.Cl. The van der Waals surface area contributed by atoms with Crippen LogP contribution in [0.5, 0.6) is 11.5 Å². The Labute approximate surface area is 154 Å². The van der Waals surface area contributed by atoms with E-state index < -0.39 is 0 Å². The maximum absolute atomic E-state index is 5.46. The summed E-state index contributed by atoms with van der Waals surface area (Å²) in [5.74, 6) is 1.60. The van der Waals surface area contributed by atoms with Crippen LogP contribution in [0.25, 0.3) is 11.3 Å². The quantitative estimate of drug-likeness (QED) is 0.597. The Morgan fingerprint density at radius 2 is 2.08 bits per heavy atom. The molecule has 25 heavy (non-hydrogen) atoms. The highest BCUT2D eigenvalue weighted by molar-refractivity contribution is 5.85. The molecule has 1 aromatic carbocycles. The summed E-state index contributed by atoms with van der Waals surface area (Å²) in [6.07, 6.45) is 10.7. The molecule has 0 fully saturated rings. The van der Waals surface area contributed by atoms with Gasteiger partial charge in [0.2, 0.25) is 6.79 Å². The van der Waals surface area contributed by atoms with E-state index in [1.54, 1.807) is 5.57 Å². The molecule has 4 rings (SSSR count). The van der Waals surface area contributed by atoms with Crippen LogP contribution in [0.2, 0.25) is 0 Å². The van der Waals surface area contributed by atoms with Gasteiger partial charge in [-0.3, -0.25) is 5.10 Å². The first-order chi connectivity index (χ1) is 11.9. The monoisotopic (exact) mass is 361 g/mol. The average molecular weight is 362 g/mol. The van der Waals surface area contributed by atoms with Crippen LogP contribution in [-0.2, 0) is 6.54 Å². The molecule has 6 heteroatoms. The minimum atomic E-state index is 0. The van der Waals surface area contributed by atoms with E-state index in [4.69, 9.17) is 9.47 Å². The Hall–Kier alpha value is -1.98. The van der Waals surface area contributed by atoms with Crippen molar-refractivity contribution in [2.45, 2.75) is 38.6 Å². The van der Waals surface area contributed by atoms with Crippen molar-refractivity contribution in [3.8, 4) is 22.8 Å². The Morgan fingerprint density at radius 3 is 2.96 bits per heavy atom. The molecule has 0 atom stereocenters. The summed E-state index contributed by atoms with van der Waals surface area (Å²) < 4.78 is 10.8. The van der Waals surface area contributed by atoms with Crippen molar-refractivity contribution in [2.24, 2.45) is 0 Å². The molecule has 0 saturated heterocycles. The highest BCUT2D eigenvalue weighted by Crippen LogP contribution is 2.36. The van der Waals surface area contributed by atoms with Gasteiger partial charge in [0, 0.05) is 17.7 Å². The summed E-state index contributed by atoms with van der Waals surface area (Å²) in [5.41, 5.74) is 4.89. The normalized spacial score (nSPS) is 15.6. The molecule has 1 aliphatic heterocycles. The maximum atomic E-state index is 5.46. The number of aromatic nitrogens is 2. The number of benzene rings is 1. The fraction of sp³-hybridized carbons (Fsp3) is 0.421. The zero-order valence-corrected chi connectivity index (χ0v) is 15.0. The fourth-order valence-corrected chi connectivity index (χ4v) is 3.35. The number of nitrogens with zero attached hydrogens (tertiary/aromatic N) is 1. The molecular formula is C19H24ClN3O2. The molecule has 134 valence electrons. The van der Waals surface area contributed by atoms with E-state index in [1.165, 1.54) is 31.2 Å². The third-order valence-corrected chi connectivity index (χ3v) is 4.70. The van der Waals surface area contributed by atoms with Gasteiger partial charge in [-0.15, -0.1) is 12.4 Å². The number of fused-ring (bicyclic) bond motifs is 1. The van der Waals surface area contributed by atoms with Crippen molar-refractivity contribution in [3.05, 3.63) is 41.6 Å². The van der Waals surface area contributed by atoms with Crippen molar-refractivity contribution >= 4 is 12.4 Å². The lowest BCUT2D eigenvalue weighted by Gasteiger charge is -2.13. The molecule has 2 heterocycles. The van der Waals surface area contributed by atoms with Gasteiger partial charge in [-0.25, -0.2) is 0 Å². The van der Waals surface area contributed by atoms with E-state index in [0.717, 1.165) is 42.3 Å². The standard InChI is InChI=1S/C19H23N3O2.ClH/c1-2-4-14(5-3-1)8-9-20-11-16-12-21-22-19(16)15-6-7-17-18(10-15)24-13-23-17;/h4,6-7,10,12,20H,1-3,5,8-9,11,13H2,(H,21,22);1H. The van der Waals surface area contributed by atoms with Crippen molar-refractivity contribution in [1.29, 1.82) is 0 Å². The van der Waals surface area contributed by atoms with Gasteiger partial charge in [0.15, 0.2) is 11.5 Å². The molecule has 0 bridgehead atoms. The van der Waals surface area contributed by atoms with E-state index in [9.17, 15) is 0 Å². The van der Waals surface area contributed by atoms with E-state index >= 15 is 0 Å². The van der Waals surface area contributed by atoms with Crippen molar-refractivity contribution < 1.29 is 9.47 Å². The van der Waals surface area contributed by atoms with Crippen LogP contribution < -0.4 is 14.8 Å². The van der Waals surface area contributed by atoms with Gasteiger partial charge in [-0.05, 0) is 56.8 Å². The average Bonchev–Trinajstić information content (AvgIpc) is 3.28. The van der Waals surface area contributed by atoms with Crippen molar-refractivity contribution in [2.75, 3.05) is 13.3 Å². The second-order valence-corrected chi connectivity index (χ2v) is 6.37. The molecule has 0 unspecified atom stereocenters. The molecule has 1 aliphatic carbocycles. The minimum Gasteiger partial charge on any atom is -0.454 e. The van der Waals surface area contributed by atoms with Gasteiger partial charge in [-0.2, -0.15) is 5.10 Å². The third-order valence-electron chi connectivity index (χ3n) is 4.70. The number of nitrogens with one attached hydrogen (secondary N) is 2. The van der Waals surface area contributed by atoms with Crippen LogP contribution in [0.4, 0.5) is 0 Å². The lowest BCUT2D eigenvalue weighted by molar-refractivity contribution is 0.174. The highest BCUT2D eigenvalue weighted by Gasteiger charge is 2.16. The van der Waals surface area contributed by atoms with E-state index in [2.05, 4.69) is 21.6 Å². The van der Waals surface area contributed by atoms with Gasteiger partial charge < -0.3 is 14.8 Å². The summed E-state index contributed by atoms with van der Waals surface area (Å²) in [7, 11) is 0. The molecule has 1 aromatic heterocycles. The first-order valence-corrected chi connectivity index (χ1v) is 8.71. The molecule has 0 amide bonds. The van der Waals surface area contributed by atoms with Crippen molar-refractivity contribution in [1.82, 2.24) is 15.5 Å². The van der Waals surface area contributed by atoms with Gasteiger partial charge in [-0.1, -0.05) is 11.6 Å². The summed E-state index contributed by atoms with van der Waals surface area (Å²) in [6.45, 7) is 2.12. The molecule has 2 N–H and O–H groups in total. The molecule has 2 aliphatic rings. The number of hydrogen-bond acceptors (Lipinski definition) is 4.